The van der Waals surface area contributed by atoms with Crippen molar-refractivity contribution in [2.75, 3.05) is 0 Å². The van der Waals surface area contributed by atoms with Crippen molar-refractivity contribution < 1.29 is 0 Å². The summed E-state index contributed by atoms with van der Waals surface area (Å²) in [5.41, 5.74) is 5.58. The first-order chi connectivity index (χ1) is 8.95. The number of nitrogens with two attached hydrogens (primary N) is 1. The molecule has 19 heavy (non-hydrogen) atoms. The SMILES string of the molecule is C=C(C)CCC(NN)C12CC3CC(CC(C)(C3)C1)C2. The zero-order chi connectivity index (χ0) is 13.7. The van der Waals surface area contributed by atoms with Gasteiger partial charge in [-0.2, -0.15) is 0 Å². The molecule has 4 aliphatic rings. The minimum Gasteiger partial charge on any atom is -0.271 e. The third-order valence-corrected chi connectivity index (χ3v) is 6.20. The first-order valence-corrected chi connectivity index (χ1v) is 8.05. The lowest BCUT2D eigenvalue weighted by atomic mass is 9.43. The normalized spacial score (nSPS) is 45.4. The lowest BCUT2D eigenvalue weighted by Crippen LogP contribution is -2.59. The predicted molar refractivity (Wildman–Crippen MR) is 80.4 cm³/mol. The standard InChI is InChI=1S/C17H30N2/c1-12(2)4-5-15(19-18)17-9-13-6-14(10-17)8-16(3,7-13)11-17/h13-15,19H,1,4-11,18H2,2-3H3. The van der Waals surface area contributed by atoms with Gasteiger partial charge in [-0.1, -0.05) is 12.5 Å². The second-order valence-corrected chi connectivity index (χ2v) is 8.35. The van der Waals surface area contributed by atoms with E-state index in [1.807, 2.05) is 0 Å². The van der Waals surface area contributed by atoms with Crippen molar-refractivity contribution in [3.8, 4) is 0 Å². The van der Waals surface area contributed by atoms with Gasteiger partial charge in [0.2, 0.25) is 0 Å². The van der Waals surface area contributed by atoms with Gasteiger partial charge in [0, 0.05) is 6.04 Å². The molecule has 4 fully saturated rings. The minimum atomic E-state index is 0.489. The molecule has 0 radical (unpaired) electrons. The van der Waals surface area contributed by atoms with E-state index in [1.165, 1.54) is 50.5 Å². The fraction of sp³-hybridized carbons (Fsp3) is 0.882. The van der Waals surface area contributed by atoms with Gasteiger partial charge >= 0.3 is 0 Å². The third kappa shape index (κ3) is 2.38. The van der Waals surface area contributed by atoms with Gasteiger partial charge in [-0.25, -0.2) is 0 Å². The van der Waals surface area contributed by atoms with E-state index in [2.05, 4.69) is 25.9 Å². The van der Waals surface area contributed by atoms with Crippen molar-refractivity contribution in [3.63, 3.8) is 0 Å². The van der Waals surface area contributed by atoms with Crippen LogP contribution < -0.4 is 11.3 Å². The molecule has 0 aromatic heterocycles. The molecule has 3 unspecified atom stereocenters. The van der Waals surface area contributed by atoms with E-state index < -0.39 is 0 Å². The molecule has 0 saturated heterocycles. The summed E-state index contributed by atoms with van der Waals surface area (Å²) < 4.78 is 0. The van der Waals surface area contributed by atoms with E-state index in [-0.39, 0.29) is 0 Å². The summed E-state index contributed by atoms with van der Waals surface area (Å²) in [5.74, 6) is 7.90. The molecule has 0 spiro atoms. The second kappa shape index (κ2) is 4.60. The zero-order valence-electron chi connectivity index (χ0n) is 12.7. The van der Waals surface area contributed by atoms with Crippen LogP contribution in [0.4, 0.5) is 0 Å². The molecule has 4 saturated carbocycles. The molecule has 2 nitrogen and oxygen atoms in total. The fourth-order valence-electron chi connectivity index (χ4n) is 6.16. The van der Waals surface area contributed by atoms with Crippen LogP contribution in [-0.2, 0) is 0 Å². The van der Waals surface area contributed by atoms with Gasteiger partial charge in [-0.15, -0.1) is 6.58 Å². The Morgan fingerprint density at radius 2 is 1.95 bits per heavy atom. The summed E-state index contributed by atoms with van der Waals surface area (Å²) in [5, 5.41) is 0. The van der Waals surface area contributed by atoms with E-state index in [9.17, 15) is 0 Å². The molecule has 0 amide bonds. The monoisotopic (exact) mass is 262 g/mol. The van der Waals surface area contributed by atoms with Gasteiger partial charge in [0.1, 0.15) is 0 Å². The second-order valence-electron chi connectivity index (χ2n) is 8.35. The summed E-state index contributed by atoms with van der Waals surface area (Å²) in [6.45, 7) is 8.72. The van der Waals surface area contributed by atoms with E-state index in [4.69, 9.17) is 5.84 Å². The number of rotatable bonds is 5. The lowest BCUT2D eigenvalue weighted by Gasteiger charge is -2.63. The molecule has 0 aromatic carbocycles. The maximum atomic E-state index is 5.94. The van der Waals surface area contributed by atoms with Gasteiger partial charge in [0.05, 0.1) is 0 Å². The van der Waals surface area contributed by atoms with Gasteiger partial charge in [-0.3, -0.25) is 11.3 Å². The molecule has 4 aliphatic carbocycles. The highest BCUT2D eigenvalue weighted by Gasteiger charge is 2.57. The van der Waals surface area contributed by atoms with E-state index in [0.717, 1.165) is 18.3 Å². The summed E-state index contributed by atoms with van der Waals surface area (Å²) in [6.07, 6.45) is 11.0. The molecule has 4 bridgehead atoms. The number of nitrogens with one attached hydrogen (secondary N) is 1. The van der Waals surface area contributed by atoms with E-state index in [0.29, 0.717) is 16.9 Å². The van der Waals surface area contributed by atoms with Crippen molar-refractivity contribution in [3.05, 3.63) is 12.2 Å². The van der Waals surface area contributed by atoms with Crippen molar-refractivity contribution >= 4 is 0 Å². The van der Waals surface area contributed by atoms with Crippen LogP contribution >= 0.6 is 0 Å². The highest BCUT2D eigenvalue weighted by Crippen LogP contribution is 2.66. The maximum Gasteiger partial charge on any atom is 0.0270 e. The van der Waals surface area contributed by atoms with E-state index in [1.54, 1.807) is 0 Å². The van der Waals surface area contributed by atoms with Gasteiger partial charge in [0.25, 0.3) is 0 Å². The Labute approximate surface area is 118 Å². The Morgan fingerprint density at radius 3 is 2.42 bits per heavy atom. The Balaban J connectivity index is 1.79. The molecule has 3 N–H and O–H groups in total. The number of hydrogen-bond donors (Lipinski definition) is 2. The molecule has 3 atom stereocenters. The van der Waals surface area contributed by atoms with E-state index >= 15 is 0 Å². The van der Waals surface area contributed by atoms with Crippen LogP contribution in [0, 0.1) is 22.7 Å². The Kier molecular flexibility index (Phi) is 3.30. The third-order valence-electron chi connectivity index (χ3n) is 6.20. The molecule has 2 heteroatoms. The molecule has 4 rings (SSSR count). The van der Waals surface area contributed by atoms with Crippen LogP contribution in [0.2, 0.25) is 0 Å². The van der Waals surface area contributed by atoms with Crippen LogP contribution in [-0.4, -0.2) is 6.04 Å². The molecule has 0 heterocycles. The summed E-state index contributed by atoms with van der Waals surface area (Å²) in [7, 11) is 0. The quantitative estimate of drug-likeness (QED) is 0.449. The topological polar surface area (TPSA) is 38.0 Å². The van der Waals surface area contributed by atoms with Crippen molar-refractivity contribution in [1.82, 2.24) is 5.43 Å². The Bertz CT molecular complexity index is 359. The lowest BCUT2D eigenvalue weighted by molar-refractivity contribution is -0.119. The van der Waals surface area contributed by atoms with Gasteiger partial charge in [0.15, 0.2) is 0 Å². The predicted octanol–water partition coefficient (Wildman–Crippen LogP) is 3.78. The van der Waals surface area contributed by atoms with Crippen LogP contribution in [0.15, 0.2) is 12.2 Å². The average Bonchev–Trinajstić information content (AvgIpc) is 2.25. The molecule has 0 aromatic rings. The number of hydrogen-bond acceptors (Lipinski definition) is 2. The number of allylic oxidation sites excluding steroid dienone is 1. The maximum absolute atomic E-state index is 5.94. The molecular formula is C17H30N2. The summed E-state index contributed by atoms with van der Waals surface area (Å²) in [4.78, 5) is 0. The van der Waals surface area contributed by atoms with Crippen molar-refractivity contribution in [1.29, 1.82) is 0 Å². The zero-order valence-corrected chi connectivity index (χ0v) is 12.7. The van der Waals surface area contributed by atoms with Crippen LogP contribution in [0.5, 0.6) is 0 Å². The average molecular weight is 262 g/mol. The molecular weight excluding hydrogens is 232 g/mol. The van der Waals surface area contributed by atoms with Crippen LogP contribution in [0.3, 0.4) is 0 Å². The highest BCUT2D eigenvalue weighted by atomic mass is 15.2. The molecule has 108 valence electrons. The van der Waals surface area contributed by atoms with Crippen molar-refractivity contribution in [2.45, 2.75) is 71.3 Å². The first-order valence-electron chi connectivity index (χ1n) is 8.05. The van der Waals surface area contributed by atoms with Crippen molar-refractivity contribution in [2.24, 2.45) is 28.5 Å². The first kappa shape index (κ1) is 13.6. The minimum absolute atomic E-state index is 0.489. The highest BCUT2D eigenvalue weighted by molar-refractivity contribution is 5.10. The number of hydrazine groups is 1. The largest absolute Gasteiger partial charge is 0.271 e. The van der Waals surface area contributed by atoms with Gasteiger partial charge in [-0.05, 0) is 81.0 Å². The Hall–Kier alpha value is -0.340. The van der Waals surface area contributed by atoms with Crippen LogP contribution in [0.25, 0.3) is 0 Å². The summed E-state index contributed by atoms with van der Waals surface area (Å²) >= 11 is 0. The Morgan fingerprint density at radius 1 is 1.32 bits per heavy atom. The van der Waals surface area contributed by atoms with Crippen LogP contribution in [0.1, 0.15) is 65.2 Å². The summed E-state index contributed by atoms with van der Waals surface area (Å²) in [6, 6.07) is 0.495. The molecule has 0 aliphatic heterocycles. The van der Waals surface area contributed by atoms with Gasteiger partial charge < -0.3 is 0 Å². The smallest absolute Gasteiger partial charge is 0.0270 e. The fourth-order valence-corrected chi connectivity index (χ4v) is 6.16.